The Morgan fingerprint density at radius 3 is 2.61 bits per heavy atom. The number of hydrogen-bond acceptors (Lipinski definition) is 5. The van der Waals surface area contributed by atoms with Gasteiger partial charge in [-0.1, -0.05) is 35.5 Å². The van der Waals surface area contributed by atoms with E-state index in [1.807, 2.05) is 31.2 Å². The first kappa shape index (κ1) is 15.7. The van der Waals surface area contributed by atoms with Crippen LogP contribution in [-0.2, 0) is 4.79 Å². The molecule has 2 aromatic heterocycles. The van der Waals surface area contributed by atoms with Crippen molar-refractivity contribution in [2.24, 2.45) is 0 Å². The standard InChI is InChI=1S/C16H13ClN4OS/c1-10-16(20-13-5-3-2-4-12(13)19-10)23-9-15(22)21-14-7-6-11(17)8-18-14/h2-8H,9H2,1H3,(H,18,21,22). The highest BCUT2D eigenvalue weighted by Gasteiger charge is 2.09. The second-order valence-corrected chi connectivity index (χ2v) is 6.20. The largest absolute Gasteiger partial charge is 0.310 e. The van der Waals surface area contributed by atoms with Crippen LogP contribution in [0.2, 0.25) is 5.02 Å². The molecule has 3 aromatic rings. The normalized spacial score (nSPS) is 10.7. The molecule has 23 heavy (non-hydrogen) atoms. The molecule has 0 radical (unpaired) electrons. The number of anilines is 1. The molecule has 0 bridgehead atoms. The molecule has 0 aliphatic rings. The Hall–Kier alpha value is -2.18. The van der Waals surface area contributed by atoms with E-state index in [0.29, 0.717) is 10.8 Å². The molecule has 1 aromatic carbocycles. The van der Waals surface area contributed by atoms with Gasteiger partial charge in [0.15, 0.2) is 0 Å². The SMILES string of the molecule is Cc1nc2ccccc2nc1SCC(=O)Nc1ccc(Cl)cn1. The summed E-state index contributed by atoms with van der Waals surface area (Å²) in [4.78, 5) is 25.1. The van der Waals surface area contributed by atoms with Crippen LogP contribution in [0.25, 0.3) is 11.0 Å². The number of aromatic nitrogens is 3. The van der Waals surface area contributed by atoms with Gasteiger partial charge in [-0.25, -0.2) is 15.0 Å². The van der Waals surface area contributed by atoms with Crippen molar-refractivity contribution in [3.8, 4) is 0 Å². The van der Waals surface area contributed by atoms with Crippen LogP contribution in [0.1, 0.15) is 5.69 Å². The lowest BCUT2D eigenvalue weighted by Gasteiger charge is -2.07. The molecule has 0 saturated heterocycles. The first-order valence-electron chi connectivity index (χ1n) is 6.89. The molecule has 0 unspecified atom stereocenters. The van der Waals surface area contributed by atoms with E-state index in [4.69, 9.17) is 11.6 Å². The van der Waals surface area contributed by atoms with Crippen molar-refractivity contribution in [1.29, 1.82) is 0 Å². The van der Waals surface area contributed by atoms with Crippen LogP contribution in [-0.4, -0.2) is 26.6 Å². The number of fused-ring (bicyclic) bond motifs is 1. The van der Waals surface area contributed by atoms with Gasteiger partial charge in [-0.15, -0.1) is 0 Å². The Labute approximate surface area is 142 Å². The molecule has 0 fully saturated rings. The summed E-state index contributed by atoms with van der Waals surface area (Å²) in [5.41, 5.74) is 2.48. The third kappa shape index (κ3) is 3.97. The third-order valence-corrected chi connectivity index (χ3v) is 4.33. The molecule has 0 saturated carbocycles. The first-order chi connectivity index (χ1) is 11.1. The number of rotatable bonds is 4. The zero-order valence-corrected chi connectivity index (χ0v) is 13.9. The van der Waals surface area contributed by atoms with Crippen molar-refractivity contribution in [3.05, 3.63) is 53.3 Å². The van der Waals surface area contributed by atoms with Gasteiger partial charge in [0.25, 0.3) is 0 Å². The van der Waals surface area contributed by atoms with E-state index >= 15 is 0 Å². The zero-order chi connectivity index (χ0) is 16.2. The summed E-state index contributed by atoms with van der Waals surface area (Å²) >= 11 is 7.11. The fourth-order valence-electron chi connectivity index (χ4n) is 1.97. The molecule has 7 heteroatoms. The summed E-state index contributed by atoms with van der Waals surface area (Å²) in [5, 5.41) is 4.00. The molecule has 1 amide bonds. The van der Waals surface area contributed by atoms with Crippen molar-refractivity contribution < 1.29 is 4.79 Å². The maximum atomic E-state index is 12.0. The van der Waals surface area contributed by atoms with E-state index in [9.17, 15) is 4.79 Å². The fraction of sp³-hybridized carbons (Fsp3) is 0.125. The predicted octanol–water partition coefficient (Wildman–Crippen LogP) is 3.72. The summed E-state index contributed by atoms with van der Waals surface area (Å²) in [6.45, 7) is 1.89. The van der Waals surface area contributed by atoms with Gasteiger partial charge in [0.1, 0.15) is 10.8 Å². The Bertz CT molecular complexity index is 854. The number of halogens is 1. The van der Waals surface area contributed by atoms with Crippen molar-refractivity contribution in [2.75, 3.05) is 11.1 Å². The van der Waals surface area contributed by atoms with E-state index in [1.165, 1.54) is 18.0 Å². The van der Waals surface area contributed by atoms with Gasteiger partial charge in [0.2, 0.25) is 5.91 Å². The molecule has 116 valence electrons. The molecular formula is C16H13ClN4OS. The second-order valence-electron chi connectivity index (χ2n) is 4.80. The molecule has 2 heterocycles. The van der Waals surface area contributed by atoms with Gasteiger partial charge in [-0.3, -0.25) is 4.79 Å². The van der Waals surface area contributed by atoms with E-state index < -0.39 is 0 Å². The van der Waals surface area contributed by atoms with Gasteiger partial charge < -0.3 is 5.32 Å². The quantitative estimate of drug-likeness (QED) is 0.730. The van der Waals surface area contributed by atoms with Gasteiger partial charge in [-0.05, 0) is 31.2 Å². The average Bonchev–Trinajstić information content (AvgIpc) is 2.55. The minimum absolute atomic E-state index is 0.154. The summed E-state index contributed by atoms with van der Waals surface area (Å²) < 4.78 is 0. The third-order valence-electron chi connectivity index (χ3n) is 3.04. The summed E-state index contributed by atoms with van der Waals surface area (Å²) in [5.74, 6) is 0.554. The number of carbonyl (C=O) groups excluding carboxylic acids is 1. The Morgan fingerprint density at radius 1 is 1.17 bits per heavy atom. The van der Waals surface area contributed by atoms with E-state index in [0.717, 1.165) is 21.8 Å². The molecular weight excluding hydrogens is 332 g/mol. The monoisotopic (exact) mass is 344 g/mol. The zero-order valence-electron chi connectivity index (χ0n) is 12.3. The minimum Gasteiger partial charge on any atom is -0.310 e. The van der Waals surface area contributed by atoms with Gasteiger partial charge in [0.05, 0.1) is 27.5 Å². The van der Waals surface area contributed by atoms with Crippen molar-refractivity contribution in [1.82, 2.24) is 15.0 Å². The highest BCUT2D eigenvalue weighted by Crippen LogP contribution is 2.22. The number of aryl methyl sites for hydroxylation is 1. The smallest absolute Gasteiger partial charge is 0.235 e. The number of pyridine rings is 1. The molecule has 0 spiro atoms. The minimum atomic E-state index is -0.154. The van der Waals surface area contributed by atoms with Crippen LogP contribution in [0, 0.1) is 6.92 Å². The number of thioether (sulfide) groups is 1. The molecule has 5 nitrogen and oxygen atoms in total. The highest BCUT2D eigenvalue weighted by molar-refractivity contribution is 8.00. The molecule has 0 aliphatic heterocycles. The van der Waals surface area contributed by atoms with Crippen LogP contribution in [0.4, 0.5) is 5.82 Å². The van der Waals surface area contributed by atoms with Gasteiger partial charge in [0, 0.05) is 6.20 Å². The fourth-order valence-corrected chi connectivity index (χ4v) is 2.84. The number of para-hydroxylation sites is 2. The van der Waals surface area contributed by atoms with Crippen LogP contribution in [0.5, 0.6) is 0 Å². The number of nitrogens with zero attached hydrogens (tertiary/aromatic N) is 3. The van der Waals surface area contributed by atoms with Crippen LogP contribution in [0.15, 0.2) is 47.6 Å². The number of carbonyl (C=O) groups is 1. The topological polar surface area (TPSA) is 67.8 Å². The maximum Gasteiger partial charge on any atom is 0.235 e. The summed E-state index contributed by atoms with van der Waals surface area (Å²) in [6.07, 6.45) is 1.49. The first-order valence-corrected chi connectivity index (χ1v) is 8.26. The molecule has 3 rings (SSSR count). The van der Waals surface area contributed by atoms with Gasteiger partial charge in [-0.2, -0.15) is 0 Å². The van der Waals surface area contributed by atoms with Gasteiger partial charge >= 0.3 is 0 Å². The van der Waals surface area contributed by atoms with E-state index in [-0.39, 0.29) is 11.7 Å². The Morgan fingerprint density at radius 2 is 1.91 bits per heavy atom. The maximum absolute atomic E-state index is 12.0. The lowest BCUT2D eigenvalue weighted by molar-refractivity contribution is -0.113. The van der Waals surface area contributed by atoms with E-state index in [1.54, 1.807) is 12.1 Å². The Kier molecular flexibility index (Phi) is 4.73. The molecule has 1 N–H and O–H groups in total. The number of amides is 1. The summed E-state index contributed by atoms with van der Waals surface area (Å²) in [6, 6.07) is 11.0. The number of hydrogen-bond donors (Lipinski definition) is 1. The lowest BCUT2D eigenvalue weighted by Crippen LogP contribution is -2.15. The van der Waals surface area contributed by atoms with Crippen LogP contribution >= 0.6 is 23.4 Å². The van der Waals surface area contributed by atoms with Crippen molar-refractivity contribution in [3.63, 3.8) is 0 Å². The van der Waals surface area contributed by atoms with Crippen LogP contribution < -0.4 is 5.32 Å². The summed E-state index contributed by atoms with van der Waals surface area (Å²) in [7, 11) is 0. The second kappa shape index (κ2) is 6.93. The Balaban J connectivity index is 1.66. The molecule has 0 aliphatic carbocycles. The predicted molar refractivity (Wildman–Crippen MR) is 92.9 cm³/mol. The van der Waals surface area contributed by atoms with Crippen molar-refractivity contribution >= 4 is 46.1 Å². The van der Waals surface area contributed by atoms with Crippen molar-refractivity contribution in [2.45, 2.75) is 11.9 Å². The highest BCUT2D eigenvalue weighted by atomic mass is 35.5. The number of nitrogens with one attached hydrogen (secondary N) is 1. The lowest BCUT2D eigenvalue weighted by atomic mass is 10.3. The average molecular weight is 345 g/mol. The number of benzene rings is 1. The van der Waals surface area contributed by atoms with Crippen LogP contribution in [0.3, 0.4) is 0 Å². The molecule has 0 atom stereocenters. The van der Waals surface area contributed by atoms with E-state index in [2.05, 4.69) is 20.3 Å².